The van der Waals surface area contributed by atoms with E-state index in [4.69, 9.17) is 16.3 Å². The van der Waals surface area contributed by atoms with Crippen LogP contribution in [0.4, 0.5) is 5.69 Å². The smallest absolute Gasteiger partial charge is 0.172 e. The van der Waals surface area contributed by atoms with Gasteiger partial charge in [-0.25, -0.2) is 0 Å². The van der Waals surface area contributed by atoms with Gasteiger partial charge in [0.1, 0.15) is 29.4 Å². The normalized spacial score (nSPS) is 21.9. The van der Waals surface area contributed by atoms with Gasteiger partial charge < -0.3 is 9.64 Å². The fraction of sp³-hybridized carbons (Fsp3) is 0.325. The number of nitriles is 3. The Morgan fingerprint density at radius 2 is 1.63 bits per heavy atom. The van der Waals surface area contributed by atoms with Gasteiger partial charge in [-0.1, -0.05) is 106 Å². The van der Waals surface area contributed by atoms with Crippen molar-refractivity contribution < 1.29 is 4.74 Å². The number of rotatable bonds is 6. The van der Waals surface area contributed by atoms with E-state index in [0.717, 1.165) is 30.5 Å². The lowest BCUT2D eigenvalue weighted by Gasteiger charge is -2.30. The molecule has 5 rings (SSSR count). The van der Waals surface area contributed by atoms with Crippen LogP contribution in [0.2, 0.25) is 0 Å². The summed E-state index contributed by atoms with van der Waals surface area (Å²) in [7, 11) is 0. The number of hydrogen-bond acceptors (Lipinski definition) is 5. The monoisotopic (exact) mass is 626 g/mol. The van der Waals surface area contributed by atoms with Crippen LogP contribution in [0.5, 0.6) is 0 Å². The van der Waals surface area contributed by atoms with Crippen LogP contribution >= 0.6 is 11.6 Å². The summed E-state index contributed by atoms with van der Waals surface area (Å²) in [6.07, 6.45) is 9.96. The molecule has 5 nitrogen and oxygen atoms in total. The second-order valence-electron chi connectivity index (χ2n) is 13.5. The molecule has 46 heavy (non-hydrogen) atoms. The van der Waals surface area contributed by atoms with Crippen LogP contribution in [0.15, 0.2) is 123 Å². The van der Waals surface area contributed by atoms with E-state index >= 15 is 0 Å². The Bertz CT molecular complexity index is 1850. The maximum Gasteiger partial charge on any atom is 0.172 e. The van der Waals surface area contributed by atoms with Gasteiger partial charge in [-0.3, -0.25) is 0 Å². The Morgan fingerprint density at radius 1 is 0.957 bits per heavy atom. The third-order valence-corrected chi connectivity index (χ3v) is 9.90. The van der Waals surface area contributed by atoms with Gasteiger partial charge in [-0.15, -0.1) is 0 Å². The molecular weight excluding hydrogens is 588 g/mol. The molecule has 0 amide bonds. The molecule has 2 aliphatic heterocycles. The molecular formula is C40H39ClN4O. The molecule has 232 valence electrons. The predicted molar refractivity (Wildman–Crippen MR) is 184 cm³/mol. The van der Waals surface area contributed by atoms with Crippen LogP contribution in [0, 0.1) is 45.8 Å². The summed E-state index contributed by atoms with van der Waals surface area (Å²) in [4.78, 5) is 2.42. The highest BCUT2D eigenvalue weighted by atomic mass is 35.5. The first kappa shape index (κ1) is 32.6. The van der Waals surface area contributed by atoms with E-state index in [2.05, 4.69) is 99.3 Å². The van der Waals surface area contributed by atoms with Crippen LogP contribution < -0.4 is 4.90 Å². The molecule has 2 heterocycles. The quantitative estimate of drug-likeness (QED) is 0.298. The number of benzene rings is 2. The molecule has 1 aliphatic carbocycles. The number of allylic oxidation sites excluding steroid dienone is 9. The topological polar surface area (TPSA) is 83.8 Å². The fourth-order valence-corrected chi connectivity index (χ4v) is 6.98. The minimum atomic E-state index is -0.886. The highest BCUT2D eigenvalue weighted by Crippen LogP contribution is 2.49. The second-order valence-corrected chi connectivity index (χ2v) is 13.9. The maximum atomic E-state index is 9.99. The summed E-state index contributed by atoms with van der Waals surface area (Å²) in [5.74, 6) is 0.861. The minimum Gasteiger partial charge on any atom is -0.480 e. The summed E-state index contributed by atoms with van der Waals surface area (Å²) < 4.78 is 5.96. The molecule has 0 aromatic heterocycles. The van der Waals surface area contributed by atoms with Crippen molar-refractivity contribution in [3.8, 4) is 18.2 Å². The largest absolute Gasteiger partial charge is 0.480 e. The number of anilines is 1. The van der Waals surface area contributed by atoms with Crippen molar-refractivity contribution in [2.24, 2.45) is 11.8 Å². The van der Waals surface area contributed by atoms with Crippen molar-refractivity contribution in [2.45, 2.75) is 71.9 Å². The molecule has 2 aromatic carbocycles. The van der Waals surface area contributed by atoms with Gasteiger partial charge >= 0.3 is 0 Å². The molecule has 0 fully saturated rings. The van der Waals surface area contributed by atoms with E-state index in [1.165, 1.54) is 22.5 Å². The molecule has 3 aliphatic rings. The van der Waals surface area contributed by atoms with Gasteiger partial charge in [0.15, 0.2) is 11.3 Å². The van der Waals surface area contributed by atoms with Gasteiger partial charge in [0.25, 0.3) is 0 Å². The predicted octanol–water partition coefficient (Wildman–Crippen LogP) is 9.84. The number of halogens is 1. The fourth-order valence-electron chi connectivity index (χ4n) is 6.70. The standard InChI is InChI=1S/C40H39ClN4O/c1-26(2)30-20-28(16-18-33-32(24-44)38(31(22-42)23-43)46-40(33,5)6)37(41)29(21-30)17-19-36-39(3,4)34-14-10-11-15-35(34)45(36)25-27-12-8-7-9-13-27/h7-19,26,30H,20-21,25H2,1-6H3/b18-16+,29-17+,36-19+. The Labute approximate surface area is 278 Å². The lowest BCUT2D eigenvalue weighted by atomic mass is 9.78. The molecule has 2 aromatic rings. The van der Waals surface area contributed by atoms with Crippen LogP contribution in [0.1, 0.15) is 65.5 Å². The van der Waals surface area contributed by atoms with E-state index < -0.39 is 5.60 Å². The van der Waals surface area contributed by atoms with E-state index in [0.29, 0.717) is 22.4 Å². The van der Waals surface area contributed by atoms with Crippen molar-refractivity contribution >= 4 is 17.3 Å². The minimum absolute atomic E-state index is 0.0355. The van der Waals surface area contributed by atoms with Crippen LogP contribution in [-0.2, 0) is 16.7 Å². The highest BCUT2D eigenvalue weighted by molar-refractivity contribution is 6.32. The zero-order chi connectivity index (χ0) is 33.2. The van der Waals surface area contributed by atoms with E-state index in [-0.39, 0.29) is 22.3 Å². The van der Waals surface area contributed by atoms with Crippen molar-refractivity contribution in [1.29, 1.82) is 15.8 Å². The van der Waals surface area contributed by atoms with Gasteiger partial charge in [0.2, 0.25) is 0 Å². The number of hydrogen-bond donors (Lipinski definition) is 0. The van der Waals surface area contributed by atoms with Crippen molar-refractivity contribution in [2.75, 3.05) is 4.90 Å². The third-order valence-electron chi connectivity index (χ3n) is 9.41. The van der Waals surface area contributed by atoms with Gasteiger partial charge in [-0.05, 0) is 72.9 Å². The molecule has 1 atom stereocenters. The molecule has 6 heteroatoms. The highest BCUT2D eigenvalue weighted by Gasteiger charge is 2.40. The Morgan fingerprint density at radius 3 is 2.28 bits per heavy atom. The molecule has 0 saturated carbocycles. The lowest BCUT2D eigenvalue weighted by Crippen LogP contribution is -2.25. The first-order valence-corrected chi connectivity index (χ1v) is 16.1. The summed E-state index contributed by atoms with van der Waals surface area (Å²) in [5, 5.41) is 29.6. The Kier molecular flexibility index (Phi) is 9.17. The second kappa shape index (κ2) is 12.9. The summed E-state index contributed by atoms with van der Waals surface area (Å²) in [5.41, 5.74) is 6.60. The SMILES string of the molecule is CC(C)C1CC(/C=C/C2=C(C#N)C(=C(C#N)C#N)OC2(C)C)=C(Cl)C(=C/C=C2/N(Cc3ccccc3)c3ccccc3C2(C)C)/C1. The summed E-state index contributed by atoms with van der Waals surface area (Å²) >= 11 is 7.19. The summed E-state index contributed by atoms with van der Waals surface area (Å²) in [6.45, 7) is 13.5. The van der Waals surface area contributed by atoms with Gasteiger partial charge in [0, 0.05) is 33.9 Å². The first-order valence-electron chi connectivity index (χ1n) is 15.7. The molecule has 1 unspecified atom stereocenters. The average molecular weight is 627 g/mol. The zero-order valence-corrected chi connectivity index (χ0v) is 28.1. The maximum absolute atomic E-state index is 9.99. The van der Waals surface area contributed by atoms with Gasteiger partial charge in [0.05, 0.1) is 0 Å². The first-order chi connectivity index (χ1) is 21.9. The van der Waals surface area contributed by atoms with E-state index in [1.54, 1.807) is 0 Å². The molecule has 0 saturated heterocycles. The van der Waals surface area contributed by atoms with E-state index in [1.807, 2.05) is 44.2 Å². The van der Waals surface area contributed by atoms with Crippen LogP contribution in [-0.4, -0.2) is 5.60 Å². The van der Waals surface area contributed by atoms with Crippen molar-refractivity contribution in [1.82, 2.24) is 0 Å². The zero-order valence-electron chi connectivity index (χ0n) is 27.4. The van der Waals surface area contributed by atoms with Crippen LogP contribution in [0.3, 0.4) is 0 Å². The molecule has 0 radical (unpaired) electrons. The molecule has 0 spiro atoms. The number of fused-ring (bicyclic) bond motifs is 1. The Balaban J connectivity index is 1.58. The third kappa shape index (κ3) is 6.07. The number of ether oxygens (including phenoxy) is 1. The molecule has 0 bridgehead atoms. The van der Waals surface area contributed by atoms with E-state index in [9.17, 15) is 15.8 Å². The summed E-state index contributed by atoms with van der Waals surface area (Å²) in [6, 6.07) is 25.1. The van der Waals surface area contributed by atoms with Crippen molar-refractivity contribution in [3.63, 3.8) is 0 Å². The number of para-hydroxylation sites is 1. The average Bonchev–Trinajstić information content (AvgIpc) is 3.41. The lowest BCUT2D eigenvalue weighted by molar-refractivity contribution is 0.0954. The van der Waals surface area contributed by atoms with Crippen LogP contribution in [0.25, 0.3) is 0 Å². The van der Waals surface area contributed by atoms with Gasteiger partial charge in [-0.2, -0.15) is 15.8 Å². The number of nitrogens with zero attached hydrogens (tertiary/aromatic N) is 4. The van der Waals surface area contributed by atoms with Crippen molar-refractivity contribution in [3.05, 3.63) is 134 Å². The molecule has 0 N–H and O–H groups in total. The Hall–Kier alpha value is -4.76.